The van der Waals surface area contributed by atoms with Crippen LogP contribution in [0.3, 0.4) is 0 Å². The highest BCUT2D eigenvalue weighted by molar-refractivity contribution is 6.39. The third-order valence-electron chi connectivity index (χ3n) is 3.96. The summed E-state index contributed by atoms with van der Waals surface area (Å²) in [4.78, 5) is 37.4. The lowest BCUT2D eigenvalue weighted by molar-refractivity contribution is -0.137. The number of methoxy groups -OCH3 is 1. The van der Waals surface area contributed by atoms with E-state index in [9.17, 15) is 27.6 Å². The molecule has 3 rings (SSSR count). The smallest absolute Gasteiger partial charge is 0.416 e. The largest absolute Gasteiger partial charge is 0.497 e. The van der Waals surface area contributed by atoms with E-state index in [0.717, 1.165) is 12.1 Å². The molecule has 1 saturated heterocycles. The summed E-state index contributed by atoms with van der Waals surface area (Å²) >= 11 is 0. The fraction of sp³-hybridized carbons (Fsp3) is 0.105. The van der Waals surface area contributed by atoms with E-state index < -0.39 is 29.6 Å². The molecule has 0 atom stereocenters. The van der Waals surface area contributed by atoms with E-state index in [1.807, 2.05) is 5.32 Å². The molecule has 2 aromatic carbocycles. The number of hydrogen-bond donors (Lipinski definition) is 1. The van der Waals surface area contributed by atoms with Gasteiger partial charge in [0.2, 0.25) is 0 Å². The zero-order valence-electron chi connectivity index (χ0n) is 14.4. The Labute approximate surface area is 157 Å². The standard InChI is InChI=1S/C19H13F3N2O4/c1-28-14-7-5-11(6-8-14)9-15-16(25)23-18(27)24(17(15)26)13-4-2-3-12(10-13)19(20,21)22/h2-10H,1H3,(H,23,25,27)/b15-9+. The number of carbonyl (C=O) groups excluding carboxylic acids is 3. The van der Waals surface area contributed by atoms with Crippen molar-refractivity contribution in [2.45, 2.75) is 6.18 Å². The van der Waals surface area contributed by atoms with Crippen LogP contribution >= 0.6 is 0 Å². The van der Waals surface area contributed by atoms with Crippen LogP contribution in [0.5, 0.6) is 5.75 Å². The zero-order chi connectivity index (χ0) is 20.5. The minimum atomic E-state index is -4.65. The first-order valence-corrected chi connectivity index (χ1v) is 7.93. The molecule has 1 aliphatic rings. The molecule has 28 heavy (non-hydrogen) atoms. The van der Waals surface area contributed by atoms with E-state index in [-0.39, 0.29) is 11.3 Å². The Morgan fingerprint density at radius 3 is 2.32 bits per heavy atom. The lowest BCUT2D eigenvalue weighted by atomic mass is 10.1. The fourth-order valence-electron chi connectivity index (χ4n) is 2.58. The molecule has 0 bridgehead atoms. The predicted octanol–water partition coefficient (Wildman–Crippen LogP) is 3.38. The van der Waals surface area contributed by atoms with Gasteiger partial charge in [0.25, 0.3) is 11.8 Å². The van der Waals surface area contributed by atoms with Gasteiger partial charge in [-0.1, -0.05) is 18.2 Å². The topological polar surface area (TPSA) is 75.7 Å². The molecule has 144 valence electrons. The molecular formula is C19H13F3N2O4. The van der Waals surface area contributed by atoms with Gasteiger partial charge in [-0.2, -0.15) is 13.2 Å². The van der Waals surface area contributed by atoms with E-state index in [1.54, 1.807) is 24.3 Å². The molecule has 6 nitrogen and oxygen atoms in total. The molecule has 1 heterocycles. The molecule has 2 aromatic rings. The highest BCUT2D eigenvalue weighted by Gasteiger charge is 2.38. The number of urea groups is 1. The van der Waals surface area contributed by atoms with Crippen molar-refractivity contribution in [3.8, 4) is 5.75 Å². The van der Waals surface area contributed by atoms with Crippen LogP contribution in [0.25, 0.3) is 6.08 Å². The highest BCUT2D eigenvalue weighted by Crippen LogP contribution is 2.32. The van der Waals surface area contributed by atoms with Crippen molar-refractivity contribution < 1.29 is 32.3 Å². The van der Waals surface area contributed by atoms with E-state index in [0.29, 0.717) is 22.3 Å². The molecule has 0 saturated carbocycles. The summed E-state index contributed by atoms with van der Waals surface area (Å²) in [5.74, 6) is -1.40. The second-order valence-corrected chi connectivity index (χ2v) is 5.78. The first kappa shape index (κ1) is 19.2. The molecule has 1 aliphatic heterocycles. The lowest BCUT2D eigenvalue weighted by Gasteiger charge is -2.26. The monoisotopic (exact) mass is 390 g/mol. The molecule has 1 N–H and O–H groups in total. The van der Waals surface area contributed by atoms with Gasteiger partial charge in [-0.3, -0.25) is 14.9 Å². The quantitative estimate of drug-likeness (QED) is 0.644. The van der Waals surface area contributed by atoms with Gasteiger partial charge < -0.3 is 4.74 Å². The zero-order valence-corrected chi connectivity index (χ0v) is 14.4. The Hall–Kier alpha value is -3.62. The number of amides is 4. The number of nitrogens with one attached hydrogen (secondary N) is 1. The number of alkyl halides is 3. The summed E-state index contributed by atoms with van der Waals surface area (Å²) in [7, 11) is 1.48. The highest BCUT2D eigenvalue weighted by atomic mass is 19.4. The average molecular weight is 390 g/mol. The van der Waals surface area contributed by atoms with Crippen molar-refractivity contribution in [2.24, 2.45) is 0 Å². The fourth-order valence-corrected chi connectivity index (χ4v) is 2.58. The van der Waals surface area contributed by atoms with Crippen molar-refractivity contribution in [2.75, 3.05) is 12.0 Å². The number of hydrogen-bond acceptors (Lipinski definition) is 4. The van der Waals surface area contributed by atoms with Crippen LogP contribution in [0.2, 0.25) is 0 Å². The van der Waals surface area contributed by atoms with Gasteiger partial charge in [-0.15, -0.1) is 0 Å². The maximum absolute atomic E-state index is 12.9. The number of barbiturate groups is 1. The Balaban J connectivity index is 1.99. The lowest BCUT2D eigenvalue weighted by Crippen LogP contribution is -2.54. The molecule has 9 heteroatoms. The van der Waals surface area contributed by atoms with Crippen molar-refractivity contribution in [1.82, 2.24) is 5.32 Å². The number of ether oxygens (including phenoxy) is 1. The number of rotatable bonds is 3. The SMILES string of the molecule is COc1ccc(/C=C2\C(=O)NC(=O)N(c3cccc(C(F)(F)F)c3)C2=O)cc1. The van der Waals surface area contributed by atoms with Gasteiger partial charge in [0, 0.05) is 0 Å². The number of halogens is 3. The Morgan fingerprint density at radius 2 is 1.71 bits per heavy atom. The number of nitrogens with zero attached hydrogens (tertiary/aromatic N) is 1. The van der Waals surface area contributed by atoms with Gasteiger partial charge in [0.15, 0.2) is 0 Å². The molecule has 0 spiro atoms. The van der Waals surface area contributed by atoms with Gasteiger partial charge in [0.05, 0.1) is 18.4 Å². The normalized spacial score (nSPS) is 16.4. The van der Waals surface area contributed by atoms with Crippen molar-refractivity contribution >= 4 is 29.6 Å². The third kappa shape index (κ3) is 3.73. The van der Waals surface area contributed by atoms with Crippen molar-refractivity contribution in [3.05, 3.63) is 65.2 Å². The first-order chi connectivity index (χ1) is 13.2. The summed E-state index contributed by atoms with van der Waals surface area (Å²) in [6, 6.07) is 8.97. The molecule has 4 amide bonds. The third-order valence-corrected chi connectivity index (χ3v) is 3.96. The Kier molecular flexibility index (Phi) is 4.91. The molecule has 0 aromatic heterocycles. The molecule has 0 aliphatic carbocycles. The summed E-state index contributed by atoms with van der Waals surface area (Å²) in [6.07, 6.45) is -3.41. The summed E-state index contributed by atoms with van der Waals surface area (Å²) < 4.78 is 43.8. The van der Waals surface area contributed by atoms with Crippen LogP contribution in [-0.2, 0) is 15.8 Å². The summed E-state index contributed by atoms with van der Waals surface area (Å²) in [6.45, 7) is 0. The van der Waals surface area contributed by atoms with Crippen LogP contribution in [0, 0.1) is 0 Å². The number of anilines is 1. The van der Waals surface area contributed by atoms with E-state index in [1.165, 1.54) is 19.3 Å². The van der Waals surface area contributed by atoms with Crippen LogP contribution in [0.4, 0.5) is 23.7 Å². The van der Waals surface area contributed by atoms with Gasteiger partial charge in [-0.05, 0) is 42.0 Å². The van der Waals surface area contributed by atoms with E-state index >= 15 is 0 Å². The summed E-state index contributed by atoms with van der Waals surface area (Å²) in [5.41, 5.74) is -1.24. The Morgan fingerprint density at radius 1 is 1.04 bits per heavy atom. The van der Waals surface area contributed by atoms with Crippen LogP contribution < -0.4 is 15.0 Å². The maximum atomic E-state index is 12.9. The molecule has 0 unspecified atom stereocenters. The minimum Gasteiger partial charge on any atom is -0.497 e. The van der Waals surface area contributed by atoms with Crippen molar-refractivity contribution in [1.29, 1.82) is 0 Å². The second kappa shape index (κ2) is 7.18. The van der Waals surface area contributed by atoms with Crippen LogP contribution in [0.1, 0.15) is 11.1 Å². The van der Waals surface area contributed by atoms with Gasteiger partial charge in [0.1, 0.15) is 11.3 Å². The number of benzene rings is 2. The molecular weight excluding hydrogens is 377 g/mol. The van der Waals surface area contributed by atoms with Gasteiger partial charge >= 0.3 is 12.2 Å². The van der Waals surface area contributed by atoms with Crippen LogP contribution in [0.15, 0.2) is 54.1 Å². The Bertz CT molecular complexity index is 981. The van der Waals surface area contributed by atoms with E-state index in [4.69, 9.17) is 4.74 Å². The number of carbonyl (C=O) groups is 3. The average Bonchev–Trinajstić information content (AvgIpc) is 2.65. The van der Waals surface area contributed by atoms with Crippen molar-refractivity contribution in [3.63, 3.8) is 0 Å². The minimum absolute atomic E-state index is 0.301. The number of imide groups is 2. The summed E-state index contributed by atoms with van der Waals surface area (Å²) in [5, 5.41) is 1.96. The molecule has 0 radical (unpaired) electrons. The van der Waals surface area contributed by atoms with E-state index in [2.05, 4.69) is 0 Å². The predicted molar refractivity (Wildman–Crippen MR) is 93.4 cm³/mol. The molecule has 1 fully saturated rings. The second-order valence-electron chi connectivity index (χ2n) is 5.78. The van der Waals surface area contributed by atoms with Gasteiger partial charge in [-0.25, -0.2) is 9.69 Å². The first-order valence-electron chi connectivity index (χ1n) is 7.93. The maximum Gasteiger partial charge on any atom is 0.416 e. The van der Waals surface area contributed by atoms with Crippen LogP contribution in [-0.4, -0.2) is 25.0 Å².